The molecule has 3 aromatic carbocycles. The van der Waals surface area contributed by atoms with Crippen LogP contribution in [0.4, 0.5) is 0 Å². The lowest BCUT2D eigenvalue weighted by atomic mass is 10.3. The highest BCUT2D eigenvalue weighted by molar-refractivity contribution is 7.96. The molecule has 0 radical (unpaired) electrons. The average molecular weight is 391 g/mol. The number of benzene rings is 3. The maximum absolute atomic E-state index is 6.28. The number of hydrogen-bond donors (Lipinski definition) is 0. The second-order valence-electron chi connectivity index (χ2n) is 6.94. The zero-order chi connectivity index (χ0) is 20.0. The smallest absolute Gasteiger partial charge is 0.318 e. The molecule has 0 aliphatic rings. The molecule has 3 rings (SSSR count). The lowest BCUT2D eigenvalue weighted by Gasteiger charge is -2.40. The molecule has 0 heterocycles. The van der Waals surface area contributed by atoms with Crippen molar-refractivity contribution >= 4 is 23.2 Å². The third-order valence-corrected chi connectivity index (χ3v) is 9.60. The Morgan fingerprint density at radius 3 is 1.21 bits per heavy atom. The summed E-state index contributed by atoms with van der Waals surface area (Å²) in [6.07, 6.45) is 2.13. The van der Waals surface area contributed by atoms with Crippen LogP contribution in [0.15, 0.2) is 103 Å². The molecule has 3 aromatic rings. The fraction of sp³-hybridized carbons (Fsp3) is 0.200. The second-order valence-corrected chi connectivity index (χ2v) is 10.5. The summed E-state index contributed by atoms with van der Waals surface area (Å²) in [5.74, 6) is 0. The van der Waals surface area contributed by atoms with E-state index >= 15 is 0 Å². The molecule has 0 bridgehead atoms. The van der Waals surface area contributed by atoms with Crippen molar-refractivity contribution in [2.75, 3.05) is 14.2 Å². The number of hydrogen-bond acceptors (Lipinski definition) is 2. The molecule has 0 aliphatic heterocycles. The molecule has 0 atom stereocenters. The van der Waals surface area contributed by atoms with Gasteiger partial charge in [-0.15, -0.1) is 0 Å². The van der Waals surface area contributed by atoms with E-state index in [1.54, 1.807) is 14.2 Å². The predicted molar refractivity (Wildman–Crippen MR) is 121 cm³/mol. The van der Waals surface area contributed by atoms with Crippen molar-refractivity contribution in [1.82, 2.24) is 0 Å². The molecular formula is C25H28O2P+. The van der Waals surface area contributed by atoms with E-state index in [0.717, 1.165) is 5.57 Å². The largest absolute Gasteiger partial charge is 0.318 e. The van der Waals surface area contributed by atoms with Gasteiger partial charge in [-0.2, -0.15) is 0 Å². The summed E-state index contributed by atoms with van der Waals surface area (Å²) in [6.45, 7) is 4.17. The van der Waals surface area contributed by atoms with Crippen molar-refractivity contribution in [3.05, 3.63) is 103 Å². The van der Waals surface area contributed by atoms with E-state index in [1.807, 2.05) is 0 Å². The molecule has 0 aliphatic carbocycles. The topological polar surface area (TPSA) is 18.5 Å². The monoisotopic (exact) mass is 391 g/mol. The van der Waals surface area contributed by atoms with Crippen molar-refractivity contribution < 1.29 is 9.47 Å². The predicted octanol–water partition coefficient (Wildman–Crippen LogP) is 4.89. The number of rotatable bonds is 7. The first-order valence-electron chi connectivity index (χ1n) is 9.43. The maximum Gasteiger partial charge on any atom is 0.318 e. The van der Waals surface area contributed by atoms with Crippen LogP contribution >= 0.6 is 7.26 Å². The first kappa shape index (κ1) is 20.5. The van der Waals surface area contributed by atoms with E-state index in [0.29, 0.717) is 0 Å². The first-order chi connectivity index (χ1) is 13.6. The molecule has 0 N–H and O–H groups in total. The van der Waals surface area contributed by atoms with Gasteiger partial charge in [-0.1, -0.05) is 60.2 Å². The highest BCUT2D eigenvalue weighted by atomic mass is 31.2. The molecule has 0 spiro atoms. The van der Waals surface area contributed by atoms with Gasteiger partial charge in [0.05, 0.1) is 0 Å². The Hall–Kier alpha value is -2.25. The average Bonchev–Trinajstić information content (AvgIpc) is 2.75. The van der Waals surface area contributed by atoms with Crippen molar-refractivity contribution in [2.45, 2.75) is 19.4 Å². The van der Waals surface area contributed by atoms with Crippen LogP contribution in [0.5, 0.6) is 0 Å². The number of methoxy groups -OCH3 is 2. The van der Waals surface area contributed by atoms with Gasteiger partial charge in [0, 0.05) is 20.3 Å². The standard InChI is InChI=1S/C25H28O2P/c1-21(2)20-25(26-3,27-4)28(22-14-8-5-9-15-22,23-16-10-6-11-17-23)24-18-12-7-13-19-24/h5-20H,1-4H3/q+1. The SMILES string of the molecule is COC(C=C(C)C)(OC)[P+](c1ccccc1)(c1ccccc1)c1ccccc1. The molecule has 0 aromatic heterocycles. The van der Waals surface area contributed by atoms with Gasteiger partial charge in [-0.05, 0) is 50.2 Å². The van der Waals surface area contributed by atoms with Crippen LogP contribution in [0.1, 0.15) is 13.8 Å². The van der Waals surface area contributed by atoms with E-state index in [9.17, 15) is 0 Å². The zero-order valence-corrected chi connectivity index (χ0v) is 17.9. The summed E-state index contributed by atoms with van der Waals surface area (Å²) < 4.78 is 12.6. The van der Waals surface area contributed by atoms with Gasteiger partial charge in [-0.25, -0.2) is 0 Å². The van der Waals surface area contributed by atoms with Crippen molar-refractivity contribution in [3.8, 4) is 0 Å². The summed E-state index contributed by atoms with van der Waals surface area (Å²) in [5, 5.41) is 3.65. The third-order valence-electron chi connectivity index (χ3n) is 4.95. The minimum absolute atomic E-state index is 0.921. The quantitative estimate of drug-likeness (QED) is 0.324. The molecule has 0 unspecified atom stereocenters. The minimum atomic E-state index is -2.37. The van der Waals surface area contributed by atoms with E-state index in [4.69, 9.17) is 9.47 Å². The minimum Gasteiger partial charge on any atom is -0.318 e. The van der Waals surface area contributed by atoms with Crippen LogP contribution in [-0.4, -0.2) is 19.7 Å². The maximum atomic E-state index is 6.28. The fourth-order valence-corrected chi connectivity index (χ4v) is 8.71. The highest BCUT2D eigenvalue weighted by Gasteiger charge is 2.64. The van der Waals surface area contributed by atoms with Crippen molar-refractivity contribution in [2.24, 2.45) is 0 Å². The Morgan fingerprint density at radius 2 is 0.964 bits per heavy atom. The van der Waals surface area contributed by atoms with Gasteiger partial charge >= 0.3 is 5.53 Å². The number of ether oxygens (including phenoxy) is 2. The fourth-order valence-electron chi connectivity index (χ4n) is 3.88. The van der Waals surface area contributed by atoms with Crippen LogP contribution in [0.25, 0.3) is 0 Å². The van der Waals surface area contributed by atoms with Gasteiger partial charge in [0.25, 0.3) is 0 Å². The first-order valence-corrected chi connectivity index (χ1v) is 11.2. The summed E-state index contributed by atoms with van der Waals surface area (Å²) in [5.41, 5.74) is 0.228. The molecule has 0 fully saturated rings. The van der Waals surface area contributed by atoms with Gasteiger partial charge in [0.1, 0.15) is 15.9 Å². The summed E-state index contributed by atoms with van der Waals surface area (Å²) in [4.78, 5) is 0. The third kappa shape index (κ3) is 3.44. The van der Waals surface area contributed by atoms with Crippen LogP contribution < -0.4 is 15.9 Å². The van der Waals surface area contributed by atoms with Crippen LogP contribution in [0.3, 0.4) is 0 Å². The molecule has 0 amide bonds. The van der Waals surface area contributed by atoms with E-state index in [-0.39, 0.29) is 0 Å². The molecular weight excluding hydrogens is 363 g/mol. The molecule has 2 nitrogen and oxygen atoms in total. The van der Waals surface area contributed by atoms with Gasteiger partial charge in [0.15, 0.2) is 7.26 Å². The van der Waals surface area contributed by atoms with Gasteiger partial charge < -0.3 is 9.47 Å². The lowest BCUT2D eigenvalue weighted by molar-refractivity contribution is -0.103. The molecule has 144 valence electrons. The summed E-state index contributed by atoms with van der Waals surface area (Å²) >= 11 is 0. The second kappa shape index (κ2) is 8.84. The van der Waals surface area contributed by atoms with Crippen LogP contribution in [0, 0.1) is 0 Å². The Morgan fingerprint density at radius 1 is 0.643 bits per heavy atom. The van der Waals surface area contributed by atoms with Gasteiger partial charge in [-0.3, -0.25) is 0 Å². The Labute approximate surface area is 169 Å². The molecule has 0 saturated carbocycles. The lowest BCUT2D eigenvalue weighted by Crippen LogP contribution is -2.49. The van der Waals surface area contributed by atoms with Gasteiger partial charge in [0.2, 0.25) is 0 Å². The van der Waals surface area contributed by atoms with Crippen LogP contribution in [0.2, 0.25) is 0 Å². The highest BCUT2D eigenvalue weighted by Crippen LogP contribution is 2.67. The van der Waals surface area contributed by atoms with E-state index < -0.39 is 12.8 Å². The normalized spacial score (nSPS) is 11.9. The van der Waals surface area contributed by atoms with Crippen molar-refractivity contribution in [1.29, 1.82) is 0 Å². The summed E-state index contributed by atoms with van der Waals surface area (Å²) in [7, 11) is 1.12. The molecule has 28 heavy (non-hydrogen) atoms. The Bertz CT molecular complexity index is 800. The number of allylic oxidation sites excluding steroid dienone is 1. The van der Waals surface area contributed by atoms with Crippen molar-refractivity contribution in [3.63, 3.8) is 0 Å². The Balaban J connectivity index is 2.53. The summed E-state index contributed by atoms with van der Waals surface area (Å²) in [6, 6.07) is 31.9. The Kier molecular flexibility index (Phi) is 6.46. The zero-order valence-electron chi connectivity index (χ0n) is 17.0. The molecule has 3 heteroatoms. The van der Waals surface area contributed by atoms with Crippen LogP contribution in [-0.2, 0) is 9.47 Å². The molecule has 0 saturated heterocycles. The van der Waals surface area contributed by atoms with E-state index in [1.165, 1.54) is 15.9 Å². The van der Waals surface area contributed by atoms with E-state index in [2.05, 4.69) is 111 Å².